The molecule has 160 valence electrons. The van der Waals surface area contributed by atoms with Crippen molar-refractivity contribution in [2.75, 3.05) is 19.8 Å². The van der Waals surface area contributed by atoms with Crippen molar-refractivity contribution in [3.05, 3.63) is 34.7 Å². The first-order chi connectivity index (χ1) is 13.4. The lowest BCUT2D eigenvalue weighted by atomic mass is 9.81. The zero-order valence-electron chi connectivity index (χ0n) is 17.4. The van der Waals surface area contributed by atoms with Crippen LogP contribution < -0.4 is 10.7 Å². The second-order valence-electron chi connectivity index (χ2n) is 9.26. The SMILES string of the molecule is CC(C)(C)OC(=O)NCC12COC(n3ccc(=O)cc3)(CO1)[C@H]1OC(C)(C)O[C@H]12. The van der Waals surface area contributed by atoms with Gasteiger partial charge in [0, 0.05) is 24.5 Å². The summed E-state index contributed by atoms with van der Waals surface area (Å²) in [6.07, 6.45) is 1.83. The first-order valence-corrected chi connectivity index (χ1v) is 9.74. The van der Waals surface area contributed by atoms with Gasteiger partial charge in [0.1, 0.15) is 23.4 Å². The van der Waals surface area contributed by atoms with Gasteiger partial charge in [-0.15, -0.1) is 0 Å². The fourth-order valence-electron chi connectivity index (χ4n) is 4.08. The van der Waals surface area contributed by atoms with Crippen LogP contribution in [-0.2, 0) is 29.4 Å². The molecular weight excluding hydrogens is 380 g/mol. The molecule has 9 nitrogen and oxygen atoms in total. The van der Waals surface area contributed by atoms with Gasteiger partial charge in [-0.05, 0) is 34.6 Å². The highest BCUT2D eigenvalue weighted by molar-refractivity contribution is 5.67. The number of pyridine rings is 1. The summed E-state index contributed by atoms with van der Waals surface area (Å²) in [7, 11) is 0. The van der Waals surface area contributed by atoms with Crippen LogP contribution in [0.5, 0.6) is 0 Å². The smallest absolute Gasteiger partial charge is 0.407 e. The van der Waals surface area contributed by atoms with E-state index in [4.69, 9.17) is 23.7 Å². The quantitative estimate of drug-likeness (QED) is 0.806. The van der Waals surface area contributed by atoms with Crippen LogP contribution in [0.3, 0.4) is 0 Å². The van der Waals surface area contributed by atoms with Crippen molar-refractivity contribution in [2.45, 2.75) is 69.5 Å². The van der Waals surface area contributed by atoms with Gasteiger partial charge in [0.2, 0.25) is 0 Å². The van der Waals surface area contributed by atoms with E-state index in [0.717, 1.165) is 0 Å². The van der Waals surface area contributed by atoms with E-state index >= 15 is 0 Å². The maximum atomic E-state index is 12.2. The van der Waals surface area contributed by atoms with Gasteiger partial charge in [-0.1, -0.05) is 0 Å². The number of aromatic nitrogens is 1. The predicted molar refractivity (Wildman–Crippen MR) is 101 cm³/mol. The van der Waals surface area contributed by atoms with Crippen LogP contribution in [0.2, 0.25) is 0 Å². The molecule has 5 rings (SSSR count). The Bertz CT molecular complexity index is 829. The molecule has 4 aliphatic heterocycles. The van der Waals surface area contributed by atoms with Gasteiger partial charge in [-0.3, -0.25) is 4.79 Å². The molecule has 29 heavy (non-hydrogen) atoms. The predicted octanol–water partition coefficient (Wildman–Crippen LogP) is 1.35. The van der Waals surface area contributed by atoms with Crippen molar-refractivity contribution in [3.63, 3.8) is 0 Å². The van der Waals surface area contributed by atoms with Crippen molar-refractivity contribution in [2.24, 2.45) is 0 Å². The average Bonchev–Trinajstić information content (AvgIpc) is 2.98. The van der Waals surface area contributed by atoms with Crippen LogP contribution >= 0.6 is 0 Å². The number of hydrogen-bond donors (Lipinski definition) is 1. The zero-order valence-corrected chi connectivity index (χ0v) is 17.4. The molecule has 4 atom stereocenters. The summed E-state index contributed by atoms with van der Waals surface area (Å²) in [5.41, 5.74) is -2.56. The topological polar surface area (TPSA) is 97.3 Å². The lowest BCUT2D eigenvalue weighted by molar-refractivity contribution is -0.359. The third-order valence-electron chi connectivity index (χ3n) is 5.36. The minimum absolute atomic E-state index is 0.0958. The van der Waals surface area contributed by atoms with Crippen LogP contribution in [0.1, 0.15) is 34.6 Å². The van der Waals surface area contributed by atoms with Crippen molar-refractivity contribution < 1.29 is 28.5 Å². The fraction of sp³-hybridized carbons (Fsp3) is 0.700. The number of carbonyl (C=O) groups is 1. The molecule has 0 spiro atoms. The van der Waals surface area contributed by atoms with Crippen molar-refractivity contribution in [1.82, 2.24) is 9.88 Å². The molecule has 0 radical (unpaired) electrons. The Morgan fingerprint density at radius 3 is 2.41 bits per heavy atom. The molecule has 9 heteroatoms. The number of rotatable bonds is 3. The number of alkyl carbamates (subject to hydrolysis) is 1. The lowest BCUT2D eigenvalue weighted by Crippen LogP contribution is -2.76. The molecular formula is C20H28N2O7. The number of carbonyl (C=O) groups excluding carboxylic acids is 1. The highest BCUT2D eigenvalue weighted by Gasteiger charge is 2.70. The van der Waals surface area contributed by atoms with Crippen LogP contribution in [0.25, 0.3) is 0 Å². The molecule has 1 aromatic heterocycles. The zero-order chi connectivity index (χ0) is 21.1. The molecule has 1 amide bonds. The van der Waals surface area contributed by atoms with Gasteiger partial charge in [0.05, 0.1) is 19.8 Å². The van der Waals surface area contributed by atoms with Gasteiger partial charge >= 0.3 is 6.09 Å². The van der Waals surface area contributed by atoms with E-state index in [9.17, 15) is 9.59 Å². The summed E-state index contributed by atoms with van der Waals surface area (Å²) >= 11 is 0. The molecule has 2 unspecified atom stereocenters. The maximum absolute atomic E-state index is 12.2. The average molecular weight is 408 g/mol. The normalized spacial score (nSPS) is 35.2. The molecule has 4 fully saturated rings. The van der Waals surface area contributed by atoms with Gasteiger partial charge in [-0.25, -0.2) is 4.79 Å². The standard InChI is InChI=1S/C20H28N2O7/c1-17(2,3)29-16(24)21-10-19-11-26-20(12-25-19,22-8-6-13(23)7-9-22)15-14(19)27-18(4,5)28-15/h6-9,14-15H,10-12H2,1-5H3,(H,21,24)/t14-,15+,19?,20?/m1/s1. The number of nitrogens with zero attached hydrogens (tertiary/aromatic N) is 1. The van der Waals surface area contributed by atoms with Gasteiger partial charge in [0.25, 0.3) is 0 Å². The van der Waals surface area contributed by atoms with E-state index in [1.165, 1.54) is 12.1 Å². The molecule has 0 aromatic carbocycles. The molecule has 2 bridgehead atoms. The minimum Gasteiger partial charge on any atom is -0.444 e. The first kappa shape index (κ1) is 20.3. The van der Waals surface area contributed by atoms with Crippen LogP contribution in [0, 0.1) is 0 Å². The lowest BCUT2D eigenvalue weighted by Gasteiger charge is -2.57. The minimum atomic E-state index is -0.959. The second-order valence-corrected chi connectivity index (χ2v) is 9.26. The molecule has 0 saturated carbocycles. The third kappa shape index (κ3) is 3.56. The number of amides is 1. The Hall–Kier alpha value is -1.94. The van der Waals surface area contributed by atoms with Gasteiger partial charge < -0.3 is 33.6 Å². The summed E-state index contributed by atoms with van der Waals surface area (Å²) in [6.45, 7) is 9.60. The molecule has 5 heterocycles. The van der Waals surface area contributed by atoms with E-state index in [-0.39, 0.29) is 25.2 Å². The Balaban J connectivity index is 1.60. The van der Waals surface area contributed by atoms with Crippen LogP contribution in [0.15, 0.2) is 29.3 Å². The van der Waals surface area contributed by atoms with E-state index in [2.05, 4.69) is 5.32 Å². The molecule has 0 aliphatic carbocycles. The van der Waals surface area contributed by atoms with Crippen LogP contribution in [0.4, 0.5) is 4.79 Å². The summed E-state index contributed by atoms with van der Waals surface area (Å²) in [5, 5.41) is 2.78. The number of hydrogen-bond acceptors (Lipinski definition) is 7. The van der Waals surface area contributed by atoms with Crippen molar-refractivity contribution in [3.8, 4) is 0 Å². The molecule has 1 N–H and O–H groups in total. The number of nitrogens with one attached hydrogen (secondary N) is 1. The fourth-order valence-corrected chi connectivity index (χ4v) is 4.08. The van der Waals surface area contributed by atoms with E-state index in [1.807, 2.05) is 13.8 Å². The Morgan fingerprint density at radius 1 is 1.17 bits per heavy atom. The van der Waals surface area contributed by atoms with Crippen molar-refractivity contribution >= 4 is 6.09 Å². The highest BCUT2D eigenvalue weighted by Crippen LogP contribution is 2.51. The number of fused-ring (bicyclic) bond motifs is 2. The summed E-state index contributed by atoms with van der Waals surface area (Å²) in [5.74, 6) is -0.849. The molecule has 1 aromatic rings. The van der Waals surface area contributed by atoms with E-state index < -0.39 is 41.0 Å². The van der Waals surface area contributed by atoms with E-state index in [1.54, 1.807) is 37.7 Å². The summed E-state index contributed by atoms with van der Waals surface area (Å²) in [6, 6.07) is 2.93. The largest absolute Gasteiger partial charge is 0.444 e. The van der Waals surface area contributed by atoms with Gasteiger partial charge in [0.15, 0.2) is 16.9 Å². The summed E-state index contributed by atoms with van der Waals surface area (Å²) < 4.78 is 32.1. The Kier molecular flexibility index (Phi) is 4.58. The Morgan fingerprint density at radius 2 is 1.83 bits per heavy atom. The molecule has 4 saturated heterocycles. The first-order valence-electron chi connectivity index (χ1n) is 9.74. The van der Waals surface area contributed by atoms with Crippen LogP contribution in [-0.4, -0.2) is 59.6 Å². The monoisotopic (exact) mass is 408 g/mol. The van der Waals surface area contributed by atoms with Crippen molar-refractivity contribution in [1.29, 1.82) is 0 Å². The second kappa shape index (κ2) is 6.53. The van der Waals surface area contributed by atoms with Gasteiger partial charge in [-0.2, -0.15) is 0 Å². The Labute approximate surface area is 169 Å². The van der Waals surface area contributed by atoms with E-state index in [0.29, 0.717) is 0 Å². The highest BCUT2D eigenvalue weighted by atomic mass is 16.8. The summed E-state index contributed by atoms with van der Waals surface area (Å²) in [4.78, 5) is 23.7. The molecule has 4 aliphatic rings. The third-order valence-corrected chi connectivity index (χ3v) is 5.36. The maximum Gasteiger partial charge on any atom is 0.407 e. The number of ether oxygens (including phenoxy) is 5.